The summed E-state index contributed by atoms with van der Waals surface area (Å²) >= 11 is 0. The van der Waals surface area contributed by atoms with Crippen molar-refractivity contribution in [2.24, 2.45) is 34.5 Å². The van der Waals surface area contributed by atoms with Gasteiger partial charge in [0.25, 0.3) is 0 Å². The van der Waals surface area contributed by atoms with Crippen LogP contribution in [0, 0.1) is 34.5 Å². The Balaban J connectivity index is 1.67. The molecule has 3 saturated carbocycles. The number of rotatable bonds is 1. The van der Waals surface area contributed by atoms with E-state index in [-0.39, 0.29) is 11.0 Å². The first kappa shape index (κ1) is 15.2. The standard InChI is InChI=1S/C21H34O/c1-4-21(22)14-11-18-16-9-8-15-7-5-6-12-19(15,2)17(16)10-13-20(18,21)3/h5-6,15-18,22H,4,7-14H2,1-3H3/t15-,16-,17+,18+,19+,20+,21-/m1/s1. The van der Waals surface area contributed by atoms with E-state index in [4.69, 9.17) is 0 Å². The Morgan fingerprint density at radius 1 is 1.00 bits per heavy atom. The van der Waals surface area contributed by atoms with Crippen molar-refractivity contribution < 1.29 is 5.11 Å². The molecule has 0 unspecified atom stereocenters. The second kappa shape index (κ2) is 4.85. The summed E-state index contributed by atoms with van der Waals surface area (Å²) in [6.45, 7) is 7.23. The van der Waals surface area contributed by atoms with Crippen LogP contribution in [-0.4, -0.2) is 10.7 Å². The topological polar surface area (TPSA) is 20.2 Å². The van der Waals surface area contributed by atoms with Gasteiger partial charge in [0.2, 0.25) is 0 Å². The van der Waals surface area contributed by atoms with Crippen molar-refractivity contribution >= 4 is 0 Å². The fourth-order valence-corrected chi connectivity index (χ4v) is 7.53. The van der Waals surface area contributed by atoms with Gasteiger partial charge in [0, 0.05) is 0 Å². The fourth-order valence-electron chi connectivity index (χ4n) is 7.53. The zero-order chi connectivity index (χ0) is 15.6. The van der Waals surface area contributed by atoms with Gasteiger partial charge < -0.3 is 5.11 Å². The van der Waals surface area contributed by atoms with Crippen LogP contribution in [0.3, 0.4) is 0 Å². The van der Waals surface area contributed by atoms with E-state index in [0.717, 1.165) is 36.5 Å². The highest BCUT2D eigenvalue weighted by Gasteiger charge is 2.63. The van der Waals surface area contributed by atoms with Crippen molar-refractivity contribution in [3.63, 3.8) is 0 Å². The largest absolute Gasteiger partial charge is 0.389 e. The van der Waals surface area contributed by atoms with Gasteiger partial charge in [0.1, 0.15) is 0 Å². The molecule has 0 aromatic carbocycles. The molecule has 0 aromatic rings. The first-order chi connectivity index (χ1) is 10.4. The van der Waals surface area contributed by atoms with E-state index in [1.54, 1.807) is 0 Å². The lowest BCUT2D eigenvalue weighted by atomic mass is 9.45. The van der Waals surface area contributed by atoms with Gasteiger partial charge in [-0.1, -0.05) is 32.9 Å². The number of hydrogen-bond acceptors (Lipinski definition) is 1. The molecular formula is C21H34O. The van der Waals surface area contributed by atoms with Crippen molar-refractivity contribution in [3.05, 3.63) is 12.2 Å². The minimum Gasteiger partial charge on any atom is -0.389 e. The highest BCUT2D eigenvalue weighted by molar-refractivity contribution is 5.15. The maximum atomic E-state index is 11.2. The Labute approximate surface area is 136 Å². The molecule has 0 radical (unpaired) electrons. The molecule has 1 nitrogen and oxygen atoms in total. The Hall–Kier alpha value is -0.300. The second-order valence-corrected chi connectivity index (χ2v) is 9.45. The van der Waals surface area contributed by atoms with E-state index in [9.17, 15) is 5.11 Å². The molecule has 0 saturated heterocycles. The first-order valence-electron chi connectivity index (χ1n) is 9.82. The highest BCUT2D eigenvalue weighted by Crippen LogP contribution is 2.68. The van der Waals surface area contributed by atoms with Crippen LogP contribution >= 0.6 is 0 Å². The second-order valence-electron chi connectivity index (χ2n) is 9.45. The van der Waals surface area contributed by atoms with Crippen molar-refractivity contribution in [1.29, 1.82) is 0 Å². The van der Waals surface area contributed by atoms with Crippen LogP contribution in [0.2, 0.25) is 0 Å². The number of hydrogen-bond donors (Lipinski definition) is 1. The summed E-state index contributed by atoms with van der Waals surface area (Å²) in [5, 5.41) is 11.2. The van der Waals surface area contributed by atoms with Crippen LogP contribution in [0.15, 0.2) is 12.2 Å². The van der Waals surface area contributed by atoms with Gasteiger partial charge >= 0.3 is 0 Å². The predicted octanol–water partition coefficient (Wildman–Crippen LogP) is 5.34. The Morgan fingerprint density at radius 2 is 1.77 bits per heavy atom. The van der Waals surface area contributed by atoms with Crippen molar-refractivity contribution in [2.75, 3.05) is 0 Å². The van der Waals surface area contributed by atoms with E-state index in [1.165, 1.54) is 44.9 Å². The molecule has 1 heteroatoms. The summed E-state index contributed by atoms with van der Waals surface area (Å²) in [6, 6.07) is 0. The Kier molecular flexibility index (Phi) is 3.36. The summed E-state index contributed by atoms with van der Waals surface area (Å²) in [7, 11) is 0. The van der Waals surface area contributed by atoms with Crippen LogP contribution < -0.4 is 0 Å². The van der Waals surface area contributed by atoms with Crippen LogP contribution in [0.5, 0.6) is 0 Å². The van der Waals surface area contributed by atoms with Crippen molar-refractivity contribution in [1.82, 2.24) is 0 Å². The quantitative estimate of drug-likeness (QED) is 0.648. The molecular weight excluding hydrogens is 268 g/mol. The number of fused-ring (bicyclic) bond motifs is 5. The Morgan fingerprint density at radius 3 is 2.55 bits per heavy atom. The van der Waals surface area contributed by atoms with Crippen LogP contribution in [-0.2, 0) is 0 Å². The molecule has 3 fully saturated rings. The minimum atomic E-state index is -0.382. The van der Waals surface area contributed by atoms with Crippen LogP contribution in [0.4, 0.5) is 0 Å². The molecule has 0 spiro atoms. The summed E-state index contributed by atoms with van der Waals surface area (Å²) < 4.78 is 0. The lowest BCUT2D eigenvalue weighted by molar-refractivity contribution is -0.145. The third-order valence-corrected chi connectivity index (χ3v) is 9.12. The molecule has 0 bridgehead atoms. The fraction of sp³-hybridized carbons (Fsp3) is 0.905. The molecule has 4 aliphatic carbocycles. The van der Waals surface area contributed by atoms with Gasteiger partial charge in [-0.25, -0.2) is 0 Å². The molecule has 0 aromatic heterocycles. The SMILES string of the molecule is CC[C@@]1(O)CC[C@H]2[C@@H]3CC[C@H]4CC=CC[C@]4(C)[C@H]3CC[C@@]21C. The molecule has 0 amide bonds. The van der Waals surface area contributed by atoms with E-state index in [0.29, 0.717) is 5.41 Å². The molecule has 124 valence electrons. The normalized spacial score (nSPS) is 57.1. The van der Waals surface area contributed by atoms with Crippen LogP contribution in [0.1, 0.15) is 78.6 Å². The maximum absolute atomic E-state index is 11.2. The third kappa shape index (κ3) is 1.75. The zero-order valence-electron chi connectivity index (χ0n) is 14.8. The van der Waals surface area contributed by atoms with E-state index in [1.807, 2.05) is 0 Å². The predicted molar refractivity (Wildman–Crippen MR) is 91.5 cm³/mol. The van der Waals surface area contributed by atoms with Gasteiger partial charge in [-0.05, 0) is 92.3 Å². The molecule has 0 aliphatic heterocycles. The molecule has 22 heavy (non-hydrogen) atoms. The van der Waals surface area contributed by atoms with Gasteiger partial charge in [0.05, 0.1) is 5.60 Å². The lowest BCUT2D eigenvalue weighted by Gasteiger charge is -2.60. The van der Waals surface area contributed by atoms with Gasteiger partial charge in [-0.2, -0.15) is 0 Å². The van der Waals surface area contributed by atoms with E-state index >= 15 is 0 Å². The lowest BCUT2D eigenvalue weighted by Crippen LogP contribution is -2.55. The number of allylic oxidation sites excluding steroid dienone is 2. The monoisotopic (exact) mass is 302 g/mol. The first-order valence-corrected chi connectivity index (χ1v) is 9.82. The summed E-state index contributed by atoms with van der Waals surface area (Å²) in [5.74, 6) is 3.50. The number of aliphatic hydroxyl groups is 1. The van der Waals surface area contributed by atoms with Gasteiger partial charge in [-0.3, -0.25) is 0 Å². The smallest absolute Gasteiger partial charge is 0.0701 e. The minimum absolute atomic E-state index is 0.191. The van der Waals surface area contributed by atoms with Crippen LogP contribution in [0.25, 0.3) is 0 Å². The van der Waals surface area contributed by atoms with Gasteiger partial charge in [0.15, 0.2) is 0 Å². The maximum Gasteiger partial charge on any atom is 0.0701 e. The van der Waals surface area contributed by atoms with Crippen molar-refractivity contribution in [2.45, 2.75) is 84.2 Å². The molecule has 4 rings (SSSR count). The molecule has 7 atom stereocenters. The average Bonchev–Trinajstić information content (AvgIpc) is 2.79. The zero-order valence-corrected chi connectivity index (χ0v) is 14.8. The van der Waals surface area contributed by atoms with Gasteiger partial charge in [-0.15, -0.1) is 0 Å². The van der Waals surface area contributed by atoms with E-state index in [2.05, 4.69) is 32.9 Å². The van der Waals surface area contributed by atoms with Crippen molar-refractivity contribution in [3.8, 4) is 0 Å². The average molecular weight is 303 g/mol. The Bertz CT molecular complexity index is 482. The molecule has 0 heterocycles. The highest BCUT2D eigenvalue weighted by atomic mass is 16.3. The molecule has 1 N–H and O–H groups in total. The summed E-state index contributed by atoms with van der Waals surface area (Å²) in [5.41, 5.74) is 0.357. The summed E-state index contributed by atoms with van der Waals surface area (Å²) in [6.07, 6.45) is 16.3. The van der Waals surface area contributed by atoms with E-state index < -0.39 is 0 Å². The summed E-state index contributed by atoms with van der Waals surface area (Å²) in [4.78, 5) is 0. The third-order valence-electron chi connectivity index (χ3n) is 9.12. The molecule has 4 aliphatic rings.